The third kappa shape index (κ3) is 5.53. The van der Waals surface area contributed by atoms with Gasteiger partial charge in [0.05, 0.1) is 22.1 Å². The molecule has 0 radical (unpaired) electrons. The van der Waals surface area contributed by atoms with Gasteiger partial charge in [-0.3, -0.25) is 9.97 Å². The molecule has 0 bridgehead atoms. The van der Waals surface area contributed by atoms with Gasteiger partial charge in [0, 0.05) is 39.6 Å². The maximum Gasteiger partial charge on any atom is 0.0971 e. The van der Waals surface area contributed by atoms with Crippen LogP contribution < -0.4 is 0 Å². The molecule has 0 aliphatic carbocycles. The maximum atomic E-state index is 4.77. The Balaban J connectivity index is 0.919. The normalized spacial score (nSPS) is 11.8. The number of aromatic nitrogens is 3. The summed E-state index contributed by atoms with van der Waals surface area (Å²) < 4.78 is 2.38. The number of nitrogens with zero attached hydrogens (tertiary/aromatic N) is 3. The van der Waals surface area contributed by atoms with E-state index in [1.165, 1.54) is 104 Å². The summed E-state index contributed by atoms with van der Waals surface area (Å²) in [5, 5.41) is 12.1. The van der Waals surface area contributed by atoms with Crippen LogP contribution in [0.25, 0.3) is 126 Å². The molecule has 0 spiro atoms. The lowest BCUT2D eigenvalue weighted by molar-refractivity contribution is 1.18. The molecule has 292 valence electrons. The van der Waals surface area contributed by atoms with Crippen LogP contribution in [0.4, 0.5) is 0 Å². The van der Waals surface area contributed by atoms with E-state index < -0.39 is 0 Å². The van der Waals surface area contributed by atoms with Gasteiger partial charge < -0.3 is 4.57 Å². The summed E-state index contributed by atoms with van der Waals surface area (Å²) in [6, 6.07) is 77.7. The predicted molar refractivity (Wildman–Crippen MR) is 266 cm³/mol. The highest BCUT2D eigenvalue weighted by atomic mass is 15.0. The Kier molecular flexibility index (Phi) is 7.91. The highest BCUT2D eigenvalue weighted by molar-refractivity contribution is 6.23. The zero-order valence-corrected chi connectivity index (χ0v) is 34.2. The van der Waals surface area contributed by atoms with Crippen LogP contribution >= 0.6 is 0 Å². The Bertz CT molecular complexity index is 3940. The van der Waals surface area contributed by atoms with Crippen LogP contribution in [0.2, 0.25) is 0 Å². The van der Waals surface area contributed by atoms with Gasteiger partial charge in [0.15, 0.2) is 0 Å². The fourth-order valence-corrected chi connectivity index (χ4v) is 10.3. The first-order valence-corrected chi connectivity index (χ1v) is 21.6. The highest BCUT2D eigenvalue weighted by Gasteiger charge is 2.17. The van der Waals surface area contributed by atoms with Crippen molar-refractivity contribution in [1.82, 2.24) is 14.5 Å². The highest BCUT2D eigenvalue weighted by Crippen LogP contribution is 2.43. The van der Waals surface area contributed by atoms with Crippen LogP contribution in [0.3, 0.4) is 0 Å². The molecular formula is C60H37N3. The van der Waals surface area contributed by atoms with E-state index in [0.29, 0.717) is 0 Å². The summed E-state index contributed by atoms with van der Waals surface area (Å²) in [7, 11) is 0. The van der Waals surface area contributed by atoms with Crippen molar-refractivity contribution in [3.63, 3.8) is 0 Å². The second-order valence-electron chi connectivity index (χ2n) is 16.5. The molecule has 3 heteroatoms. The van der Waals surface area contributed by atoms with Crippen molar-refractivity contribution in [2.45, 2.75) is 0 Å². The van der Waals surface area contributed by atoms with E-state index in [9.17, 15) is 0 Å². The molecule has 63 heavy (non-hydrogen) atoms. The largest absolute Gasteiger partial charge is 0.309 e. The zero-order valence-electron chi connectivity index (χ0n) is 34.2. The quantitative estimate of drug-likeness (QED) is 0.162. The lowest BCUT2D eigenvalue weighted by Gasteiger charge is -2.16. The molecule has 0 atom stereocenters. The van der Waals surface area contributed by atoms with E-state index in [4.69, 9.17) is 9.97 Å². The summed E-state index contributed by atoms with van der Waals surface area (Å²) in [5.41, 5.74) is 15.1. The second kappa shape index (κ2) is 14.1. The average Bonchev–Trinajstić information content (AvgIpc) is 3.69. The predicted octanol–water partition coefficient (Wildman–Crippen LogP) is 16.0. The van der Waals surface area contributed by atoms with E-state index in [1.807, 2.05) is 0 Å². The van der Waals surface area contributed by atoms with Crippen molar-refractivity contribution in [2.24, 2.45) is 0 Å². The minimum atomic E-state index is 0.936. The van der Waals surface area contributed by atoms with E-state index in [2.05, 4.69) is 217 Å². The van der Waals surface area contributed by atoms with Gasteiger partial charge >= 0.3 is 0 Å². The number of hydrogen-bond donors (Lipinski definition) is 0. The lowest BCUT2D eigenvalue weighted by Crippen LogP contribution is -1.93. The van der Waals surface area contributed by atoms with Crippen LogP contribution in [0, 0.1) is 0 Å². The first-order chi connectivity index (χ1) is 31.3. The van der Waals surface area contributed by atoms with E-state index in [-0.39, 0.29) is 0 Å². The molecule has 13 aromatic rings. The average molecular weight is 800 g/mol. The summed E-state index contributed by atoms with van der Waals surface area (Å²) in [5.74, 6) is 0. The number of hydrogen-bond acceptors (Lipinski definition) is 2. The lowest BCUT2D eigenvalue weighted by atomic mass is 9.88. The van der Waals surface area contributed by atoms with Gasteiger partial charge in [-0.15, -0.1) is 0 Å². The summed E-state index contributed by atoms with van der Waals surface area (Å²) in [4.78, 5) is 9.50. The Morgan fingerprint density at radius 1 is 0.254 bits per heavy atom. The molecule has 0 aliphatic rings. The minimum absolute atomic E-state index is 0.936. The van der Waals surface area contributed by atoms with Crippen molar-refractivity contribution in [2.75, 3.05) is 0 Å². The second-order valence-corrected chi connectivity index (χ2v) is 16.5. The molecule has 11 aromatic carbocycles. The van der Waals surface area contributed by atoms with Gasteiger partial charge in [-0.05, 0) is 119 Å². The maximum absolute atomic E-state index is 4.77. The first-order valence-electron chi connectivity index (χ1n) is 21.6. The summed E-state index contributed by atoms with van der Waals surface area (Å²) in [6.45, 7) is 0. The van der Waals surface area contributed by atoms with Crippen LogP contribution in [-0.4, -0.2) is 14.5 Å². The number of benzene rings is 11. The molecule has 0 N–H and O–H groups in total. The van der Waals surface area contributed by atoms with E-state index in [1.54, 1.807) is 12.4 Å². The van der Waals surface area contributed by atoms with Crippen molar-refractivity contribution in [3.8, 4) is 50.2 Å². The first kappa shape index (κ1) is 35.4. The Hall–Kier alpha value is -8.40. The fourth-order valence-electron chi connectivity index (χ4n) is 10.3. The van der Waals surface area contributed by atoms with Crippen LogP contribution in [0.15, 0.2) is 225 Å². The van der Waals surface area contributed by atoms with Crippen LogP contribution in [0.5, 0.6) is 0 Å². The molecule has 0 saturated heterocycles. The van der Waals surface area contributed by atoms with Gasteiger partial charge in [-0.2, -0.15) is 0 Å². The molecule has 0 unspecified atom stereocenters. The zero-order chi connectivity index (χ0) is 41.4. The molecule has 0 fully saturated rings. The molecule has 0 amide bonds. The van der Waals surface area contributed by atoms with Gasteiger partial charge in [-0.25, -0.2) is 0 Å². The van der Waals surface area contributed by atoms with Gasteiger partial charge in [0.2, 0.25) is 0 Å². The number of para-hydroxylation sites is 2. The van der Waals surface area contributed by atoms with E-state index >= 15 is 0 Å². The van der Waals surface area contributed by atoms with Gasteiger partial charge in [0.1, 0.15) is 0 Å². The van der Waals surface area contributed by atoms with Crippen molar-refractivity contribution in [1.29, 1.82) is 0 Å². The molecular weight excluding hydrogens is 763 g/mol. The van der Waals surface area contributed by atoms with Crippen molar-refractivity contribution >= 4 is 75.9 Å². The third-order valence-electron chi connectivity index (χ3n) is 13.1. The van der Waals surface area contributed by atoms with Crippen LogP contribution in [0.1, 0.15) is 0 Å². The minimum Gasteiger partial charge on any atom is -0.309 e. The fraction of sp³-hybridized carbons (Fsp3) is 0. The number of rotatable bonds is 5. The monoisotopic (exact) mass is 799 g/mol. The molecule has 3 nitrogen and oxygen atoms in total. The van der Waals surface area contributed by atoms with Crippen molar-refractivity contribution < 1.29 is 0 Å². The topological polar surface area (TPSA) is 30.7 Å². The summed E-state index contributed by atoms with van der Waals surface area (Å²) >= 11 is 0. The molecule has 2 aromatic heterocycles. The SMILES string of the molecule is c1ccc(-n2c3ccccc3c3cc(-c4ccc(-c5cccc6c(-c7cccc(-c8ccc9c(c8)c8ccccc8c8nccnc98)c7)cccc56)c5ccccc45)ccc32)cc1. The van der Waals surface area contributed by atoms with Gasteiger partial charge in [0.25, 0.3) is 0 Å². The molecule has 2 heterocycles. The van der Waals surface area contributed by atoms with Crippen LogP contribution in [-0.2, 0) is 0 Å². The Morgan fingerprint density at radius 3 is 1.51 bits per heavy atom. The summed E-state index contributed by atoms with van der Waals surface area (Å²) in [6.07, 6.45) is 3.57. The van der Waals surface area contributed by atoms with E-state index in [0.717, 1.165) is 21.8 Å². The molecule has 0 saturated carbocycles. The Morgan fingerprint density at radius 2 is 0.730 bits per heavy atom. The third-order valence-corrected chi connectivity index (χ3v) is 13.1. The molecule has 0 aliphatic heterocycles. The molecule has 13 rings (SSSR count). The van der Waals surface area contributed by atoms with Crippen molar-refractivity contribution in [3.05, 3.63) is 225 Å². The Labute approximate surface area is 363 Å². The standard InChI is InChI=1S/C60H37N3/c1-2-15-42(16-3-1)63-57-26-9-8-20-52(57)56-37-41(28-32-58(56)63)44-30-31-51(47-18-5-4-17-45(44)47)49-25-12-23-46-43(22-11-24-48(46)49)40-14-10-13-38(35-40)39-27-29-54-55(36-39)50-19-6-7-21-53(50)59-60(54)62-34-33-61-59/h1-37H. The smallest absolute Gasteiger partial charge is 0.0971 e. The number of fused-ring (bicyclic) bond motifs is 11. The van der Waals surface area contributed by atoms with Gasteiger partial charge in [-0.1, -0.05) is 170 Å².